The van der Waals surface area contributed by atoms with Crippen LogP contribution in [-0.2, 0) is 0 Å². The fraction of sp³-hybridized carbons (Fsp3) is 0.125. The van der Waals surface area contributed by atoms with Gasteiger partial charge in [-0.3, -0.25) is 10.1 Å². The lowest BCUT2D eigenvalue weighted by atomic mass is 10.4. The van der Waals surface area contributed by atoms with E-state index in [1.165, 1.54) is 4.68 Å². The van der Waals surface area contributed by atoms with Crippen molar-refractivity contribution in [1.29, 1.82) is 0 Å². The second kappa shape index (κ2) is 3.57. The molecule has 0 saturated carbocycles. The zero-order chi connectivity index (χ0) is 11.7. The molecular formula is C8H8N6O2. The van der Waals surface area contributed by atoms with Gasteiger partial charge in [0.15, 0.2) is 0 Å². The van der Waals surface area contributed by atoms with Crippen molar-refractivity contribution in [3.63, 3.8) is 0 Å². The van der Waals surface area contributed by atoms with Gasteiger partial charge in [0.05, 0.1) is 10.6 Å². The lowest BCUT2D eigenvalue weighted by molar-refractivity contribution is -0.384. The topological polar surface area (TPSA) is 113 Å². The molecule has 0 atom stereocenters. The Hall–Kier alpha value is -2.51. The average Bonchev–Trinajstić information content (AvgIpc) is 2.63. The minimum atomic E-state index is -0.623. The lowest BCUT2D eigenvalue weighted by Gasteiger charge is -2.02. The molecule has 2 aromatic heterocycles. The van der Waals surface area contributed by atoms with Crippen LogP contribution in [-0.4, -0.2) is 24.7 Å². The Morgan fingerprint density at radius 2 is 2.25 bits per heavy atom. The van der Waals surface area contributed by atoms with Crippen LogP contribution >= 0.6 is 0 Å². The van der Waals surface area contributed by atoms with Crippen molar-refractivity contribution in [2.24, 2.45) is 0 Å². The van der Waals surface area contributed by atoms with E-state index in [1.807, 2.05) is 0 Å². The predicted octanol–water partition coefficient (Wildman–Crippen LogP) is 0.461. The normalized spacial score (nSPS) is 10.3. The van der Waals surface area contributed by atoms with Gasteiger partial charge in [-0.25, -0.2) is 14.6 Å². The van der Waals surface area contributed by atoms with Gasteiger partial charge in [0.2, 0.25) is 11.6 Å². The van der Waals surface area contributed by atoms with Crippen molar-refractivity contribution in [3.05, 3.63) is 34.4 Å². The van der Waals surface area contributed by atoms with Crippen LogP contribution in [0.25, 0.3) is 5.82 Å². The number of hydrogen-bond donors (Lipinski definition) is 1. The lowest BCUT2D eigenvalue weighted by Crippen LogP contribution is -2.07. The fourth-order valence-corrected chi connectivity index (χ4v) is 1.26. The van der Waals surface area contributed by atoms with Gasteiger partial charge in [-0.05, 0) is 13.0 Å². The van der Waals surface area contributed by atoms with Gasteiger partial charge in [-0.2, -0.15) is 5.10 Å². The third-order valence-electron chi connectivity index (χ3n) is 1.95. The first-order valence-electron chi connectivity index (χ1n) is 4.37. The van der Waals surface area contributed by atoms with Crippen molar-refractivity contribution in [2.45, 2.75) is 6.92 Å². The van der Waals surface area contributed by atoms with Crippen LogP contribution in [0.15, 0.2) is 18.6 Å². The van der Waals surface area contributed by atoms with Crippen molar-refractivity contribution < 1.29 is 4.92 Å². The van der Waals surface area contributed by atoms with Gasteiger partial charge in [-0.15, -0.1) is 0 Å². The maximum absolute atomic E-state index is 10.8. The molecule has 2 heterocycles. The molecule has 16 heavy (non-hydrogen) atoms. The zero-order valence-electron chi connectivity index (χ0n) is 8.36. The molecule has 0 radical (unpaired) electrons. The van der Waals surface area contributed by atoms with E-state index in [4.69, 9.17) is 5.73 Å². The predicted molar refractivity (Wildman–Crippen MR) is 55.0 cm³/mol. The van der Waals surface area contributed by atoms with Crippen molar-refractivity contribution in [1.82, 2.24) is 19.7 Å². The Morgan fingerprint density at radius 3 is 2.81 bits per heavy atom. The molecule has 0 aliphatic carbocycles. The molecule has 0 bridgehead atoms. The van der Waals surface area contributed by atoms with Gasteiger partial charge in [0, 0.05) is 6.20 Å². The van der Waals surface area contributed by atoms with E-state index in [1.54, 1.807) is 19.2 Å². The first-order valence-corrected chi connectivity index (χ1v) is 4.37. The third kappa shape index (κ3) is 1.56. The van der Waals surface area contributed by atoms with E-state index in [-0.39, 0.29) is 17.3 Å². The first kappa shape index (κ1) is 10.0. The van der Waals surface area contributed by atoms with Gasteiger partial charge in [0.25, 0.3) is 0 Å². The molecule has 8 heteroatoms. The van der Waals surface area contributed by atoms with Crippen molar-refractivity contribution in [3.8, 4) is 5.82 Å². The van der Waals surface area contributed by atoms with Crippen LogP contribution in [0.1, 0.15) is 5.69 Å². The smallest absolute Gasteiger partial charge is 0.355 e. The number of aromatic nitrogens is 4. The second-order valence-electron chi connectivity index (χ2n) is 3.09. The standard InChI is InChI=1S/C8H8N6O2/c1-5-2-3-13(12-5)8-6(14(15)16)7(9)10-4-11-8/h2-4H,1H3,(H2,9,10,11). The van der Waals surface area contributed by atoms with Crippen molar-refractivity contribution >= 4 is 11.5 Å². The molecule has 8 nitrogen and oxygen atoms in total. The Labute approximate surface area is 89.9 Å². The maximum Gasteiger partial charge on any atom is 0.355 e. The largest absolute Gasteiger partial charge is 0.378 e. The molecule has 2 aromatic rings. The molecule has 0 amide bonds. The molecule has 0 unspecified atom stereocenters. The molecule has 0 aliphatic heterocycles. The van der Waals surface area contributed by atoms with E-state index in [9.17, 15) is 10.1 Å². The monoisotopic (exact) mass is 220 g/mol. The number of hydrogen-bond acceptors (Lipinski definition) is 6. The molecule has 2 N–H and O–H groups in total. The van der Waals surface area contributed by atoms with Crippen LogP contribution in [0.4, 0.5) is 11.5 Å². The number of nitro groups is 1. The number of anilines is 1. The highest BCUT2D eigenvalue weighted by Crippen LogP contribution is 2.24. The fourth-order valence-electron chi connectivity index (χ4n) is 1.26. The van der Waals surface area contributed by atoms with Crippen LogP contribution < -0.4 is 5.73 Å². The van der Waals surface area contributed by atoms with Crippen LogP contribution in [0.2, 0.25) is 0 Å². The SMILES string of the molecule is Cc1ccn(-c2ncnc(N)c2[N+](=O)[O-])n1. The van der Waals surface area contributed by atoms with E-state index in [0.29, 0.717) is 0 Å². The molecule has 0 aliphatic rings. The molecule has 82 valence electrons. The van der Waals surface area contributed by atoms with Gasteiger partial charge < -0.3 is 5.73 Å². The summed E-state index contributed by atoms with van der Waals surface area (Å²) in [5.41, 5.74) is 5.82. The van der Waals surface area contributed by atoms with E-state index >= 15 is 0 Å². The zero-order valence-corrected chi connectivity index (χ0v) is 8.36. The summed E-state index contributed by atoms with van der Waals surface area (Å²) >= 11 is 0. The molecule has 0 saturated heterocycles. The highest BCUT2D eigenvalue weighted by molar-refractivity contribution is 5.61. The quantitative estimate of drug-likeness (QED) is 0.581. The minimum absolute atomic E-state index is 0.0607. The molecular weight excluding hydrogens is 212 g/mol. The summed E-state index contributed by atoms with van der Waals surface area (Å²) in [5.74, 6) is -0.117. The Morgan fingerprint density at radius 1 is 1.50 bits per heavy atom. The van der Waals surface area contributed by atoms with Crippen LogP contribution in [0.5, 0.6) is 0 Å². The van der Waals surface area contributed by atoms with E-state index < -0.39 is 4.92 Å². The maximum atomic E-state index is 10.8. The second-order valence-corrected chi connectivity index (χ2v) is 3.09. The number of aryl methyl sites for hydroxylation is 1. The highest BCUT2D eigenvalue weighted by atomic mass is 16.6. The summed E-state index contributed by atoms with van der Waals surface area (Å²) in [6.45, 7) is 1.77. The highest BCUT2D eigenvalue weighted by Gasteiger charge is 2.22. The molecule has 2 rings (SSSR count). The summed E-state index contributed by atoms with van der Waals surface area (Å²) < 4.78 is 1.30. The Bertz CT molecular complexity index is 549. The van der Waals surface area contributed by atoms with Gasteiger partial charge >= 0.3 is 5.69 Å². The number of nitrogens with zero attached hydrogens (tertiary/aromatic N) is 5. The van der Waals surface area contributed by atoms with Gasteiger partial charge in [0.1, 0.15) is 6.33 Å². The Balaban J connectivity index is 2.65. The third-order valence-corrected chi connectivity index (χ3v) is 1.95. The number of nitrogen functional groups attached to an aromatic ring is 1. The van der Waals surface area contributed by atoms with E-state index in [2.05, 4.69) is 15.1 Å². The Kier molecular flexibility index (Phi) is 2.24. The summed E-state index contributed by atoms with van der Waals surface area (Å²) in [5, 5.41) is 14.9. The van der Waals surface area contributed by atoms with Gasteiger partial charge in [-0.1, -0.05) is 0 Å². The molecule has 0 fully saturated rings. The number of nitrogens with two attached hydrogens (primary N) is 1. The average molecular weight is 220 g/mol. The number of rotatable bonds is 2. The summed E-state index contributed by atoms with van der Waals surface area (Å²) in [4.78, 5) is 17.6. The first-order chi connectivity index (χ1) is 7.59. The van der Waals surface area contributed by atoms with Crippen LogP contribution in [0.3, 0.4) is 0 Å². The molecule has 0 aromatic carbocycles. The van der Waals surface area contributed by atoms with E-state index in [0.717, 1.165) is 12.0 Å². The summed E-state index contributed by atoms with van der Waals surface area (Å²) in [7, 11) is 0. The summed E-state index contributed by atoms with van der Waals surface area (Å²) in [6, 6.07) is 1.71. The minimum Gasteiger partial charge on any atom is -0.378 e. The van der Waals surface area contributed by atoms with Crippen molar-refractivity contribution in [2.75, 3.05) is 5.73 Å². The molecule has 0 spiro atoms. The summed E-state index contributed by atoms with van der Waals surface area (Å²) in [6.07, 6.45) is 2.73. The van der Waals surface area contributed by atoms with Crippen LogP contribution in [0, 0.1) is 17.0 Å².